The predicted octanol–water partition coefficient (Wildman–Crippen LogP) is 5.27. The van der Waals surface area contributed by atoms with Crippen molar-refractivity contribution in [1.82, 2.24) is 0 Å². The monoisotopic (exact) mass is 341 g/mol. The summed E-state index contributed by atoms with van der Waals surface area (Å²) in [7, 11) is 1.72. The van der Waals surface area contributed by atoms with Crippen LogP contribution in [0.25, 0.3) is 11.6 Å². The highest BCUT2D eigenvalue weighted by molar-refractivity contribution is 5.92. The van der Waals surface area contributed by atoms with Gasteiger partial charge in [0.25, 0.3) is 0 Å². The van der Waals surface area contributed by atoms with Crippen molar-refractivity contribution in [3.05, 3.63) is 83.0 Å². The number of allylic oxidation sites excluding steroid dienone is 5. The number of anilines is 1. The van der Waals surface area contributed by atoms with Crippen LogP contribution in [-0.2, 0) is 6.42 Å². The lowest BCUT2D eigenvalue weighted by Gasteiger charge is -2.25. The Hall–Kier alpha value is -2.74. The second kappa shape index (κ2) is 5.63. The minimum Gasteiger partial charge on any atom is -0.496 e. The third kappa shape index (κ3) is 2.18. The third-order valence-electron chi connectivity index (χ3n) is 6.23. The molecule has 2 N–H and O–H groups in total. The number of hydrogen-bond donors (Lipinski definition) is 1. The molecule has 2 nitrogen and oxygen atoms in total. The normalized spacial score (nSPS) is 27.0. The van der Waals surface area contributed by atoms with E-state index >= 15 is 0 Å². The van der Waals surface area contributed by atoms with Gasteiger partial charge < -0.3 is 10.5 Å². The minimum absolute atomic E-state index is 0.164. The van der Waals surface area contributed by atoms with Crippen LogP contribution in [0, 0.1) is 11.3 Å². The molecule has 0 radical (unpaired) electrons. The van der Waals surface area contributed by atoms with Gasteiger partial charge in [0.1, 0.15) is 5.75 Å². The highest BCUT2D eigenvalue weighted by Crippen LogP contribution is 2.69. The van der Waals surface area contributed by atoms with E-state index in [0.717, 1.165) is 29.8 Å². The lowest BCUT2D eigenvalue weighted by atomic mass is 9.79. The van der Waals surface area contributed by atoms with Crippen LogP contribution in [-0.4, -0.2) is 7.11 Å². The van der Waals surface area contributed by atoms with E-state index in [0.29, 0.717) is 5.92 Å². The maximum absolute atomic E-state index is 6.08. The van der Waals surface area contributed by atoms with Crippen LogP contribution < -0.4 is 10.5 Å². The van der Waals surface area contributed by atoms with E-state index < -0.39 is 0 Å². The van der Waals surface area contributed by atoms with Gasteiger partial charge in [-0.2, -0.15) is 0 Å². The number of ether oxygens (including phenoxy) is 1. The first kappa shape index (κ1) is 15.5. The summed E-state index contributed by atoms with van der Waals surface area (Å²) in [6, 6.07) is 14.8. The van der Waals surface area contributed by atoms with Crippen molar-refractivity contribution >= 4 is 17.3 Å². The summed E-state index contributed by atoms with van der Waals surface area (Å²) in [4.78, 5) is 0. The lowest BCUT2D eigenvalue weighted by molar-refractivity contribution is 0.414. The third-order valence-corrected chi connectivity index (χ3v) is 6.23. The average Bonchev–Trinajstić information content (AvgIpc) is 3.42. The van der Waals surface area contributed by atoms with Crippen molar-refractivity contribution < 1.29 is 4.74 Å². The maximum atomic E-state index is 6.08. The van der Waals surface area contributed by atoms with E-state index in [9.17, 15) is 0 Å². The maximum Gasteiger partial charge on any atom is 0.126 e. The molecule has 0 saturated heterocycles. The molecule has 2 atom stereocenters. The summed E-state index contributed by atoms with van der Waals surface area (Å²) >= 11 is 0. The highest BCUT2D eigenvalue weighted by Gasteiger charge is 2.59. The lowest BCUT2D eigenvalue weighted by Crippen LogP contribution is -2.11. The fourth-order valence-electron chi connectivity index (χ4n) is 4.87. The zero-order chi connectivity index (χ0) is 17.7. The number of methoxy groups -OCH3 is 1. The molecule has 0 aliphatic heterocycles. The van der Waals surface area contributed by atoms with Gasteiger partial charge in [-0.3, -0.25) is 0 Å². The smallest absolute Gasteiger partial charge is 0.126 e. The molecular formula is C24H23NO. The summed E-state index contributed by atoms with van der Waals surface area (Å²) in [5.74, 6) is 1.49. The number of hydrogen-bond acceptors (Lipinski definition) is 2. The summed E-state index contributed by atoms with van der Waals surface area (Å²) in [5, 5.41) is 0. The Balaban J connectivity index is 1.76. The van der Waals surface area contributed by atoms with E-state index in [1.807, 2.05) is 18.2 Å². The highest BCUT2D eigenvalue weighted by atomic mass is 16.5. The molecule has 0 amide bonds. The van der Waals surface area contributed by atoms with E-state index in [1.165, 1.54) is 23.1 Å². The molecule has 2 aromatic carbocycles. The van der Waals surface area contributed by atoms with E-state index in [1.54, 1.807) is 12.7 Å². The van der Waals surface area contributed by atoms with Crippen LogP contribution in [0.5, 0.6) is 5.75 Å². The van der Waals surface area contributed by atoms with Gasteiger partial charge in [0.15, 0.2) is 0 Å². The van der Waals surface area contributed by atoms with Crippen LogP contribution in [0.2, 0.25) is 0 Å². The Morgan fingerprint density at radius 3 is 2.92 bits per heavy atom. The van der Waals surface area contributed by atoms with Crippen molar-refractivity contribution in [3.63, 3.8) is 0 Å². The molecule has 1 saturated carbocycles. The number of fused-ring (bicyclic) bond motifs is 1. The molecule has 1 fully saturated rings. The first-order chi connectivity index (χ1) is 12.7. The van der Waals surface area contributed by atoms with Gasteiger partial charge in [-0.1, -0.05) is 48.1 Å². The first-order valence-corrected chi connectivity index (χ1v) is 9.34. The number of nitrogen functional groups attached to an aromatic ring is 1. The summed E-state index contributed by atoms with van der Waals surface area (Å²) < 4.78 is 5.61. The van der Waals surface area contributed by atoms with E-state index in [-0.39, 0.29) is 5.41 Å². The van der Waals surface area contributed by atoms with Gasteiger partial charge in [-0.15, -0.1) is 0 Å². The molecule has 0 aromatic heterocycles. The largest absolute Gasteiger partial charge is 0.496 e. The second-order valence-corrected chi connectivity index (χ2v) is 7.58. The van der Waals surface area contributed by atoms with E-state index in [4.69, 9.17) is 10.5 Å². The molecule has 0 heterocycles. The van der Waals surface area contributed by atoms with Crippen molar-refractivity contribution in [2.75, 3.05) is 12.8 Å². The van der Waals surface area contributed by atoms with Crippen molar-refractivity contribution in [2.24, 2.45) is 11.3 Å². The average molecular weight is 341 g/mol. The zero-order valence-corrected chi connectivity index (χ0v) is 15.0. The Morgan fingerprint density at radius 2 is 2.04 bits per heavy atom. The van der Waals surface area contributed by atoms with Crippen molar-refractivity contribution in [3.8, 4) is 5.75 Å². The molecule has 0 bridgehead atoms. The van der Waals surface area contributed by atoms with Gasteiger partial charge in [0.05, 0.1) is 7.11 Å². The van der Waals surface area contributed by atoms with E-state index in [2.05, 4.69) is 48.6 Å². The van der Waals surface area contributed by atoms with Crippen molar-refractivity contribution in [1.29, 1.82) is 0 Å². The molecule has 3 aliphatic carbocycles. The molecule has 5 rings (SSSR count). The van der Waals surface area contributed by atoms with Gasteiger partial charge in [0.2, 0.25) is 0 Å². The molecule has 3 aliphatic rings. The molecule has 1 spiro atoms. The molecule has 130 valence electrons. The number of nitrogens with two attached hydrogens (primary N) is 1. The van der Waals surface area contributed by atoms with Crippen LogP contribution in [0.3, 0.4) is 0 Å². The Morgan fingerprint density at radius 1 is 1.15 bits per heavy atom. The topological polar surface area (TPSA) is 35.2 Å². The van der Waals surface area contributed by atoms with Gasteiger partial charge in [-0.25, -0.2) is 0 Å². The Kier molecular flexibility index (Phi) is 3.36. The van der Waals surface area contributed by atoms with Crippen LogP contribution >= 0.6 is 0 Å². The summed E-state index contributed by atoms with van der Waals surface area (Å²) in [6.07, 6.45) is 12.8. The Bertz CT molecular complexity index is 981. The number of benzene rings is 2. The molecule has 26 heavy (non-hydrogen) atoms. The predicted molar refractivity (Wildman–Crippen MR) is 108 cm³/mol. The van der Waals surface area contributed by atoms with Crippen LogP contribution in [0.15, 0.2) is 66.3 Å². The fraction of sp³-hybridized carbons (Fsp3) is 0.250. The summed E-state index contributed by atoms with van der Waals surface area (Å²) in [5.41, 5.74) is 13.9. The fourth-order valence-corrected chi connectivity index (χ4v) is 4.87. The number of rotatable bonds is 2. The van der Waals surface area contributed by atoms with Gasteiger partial charge in [-0.05, 0) is 66.2 Å². The van der Waals surface area contributed by atoms with Crippen LogP contribution in [0.1, 0.15) is 29.5 Å². The standard InChI is InChI=1S/C24H23NO/c1-26-23-12-11-20(25)13-17(23)14-22-21-8-3-2-5-16(21)9-10-18-6-4-7-19-15-24(18,19)22/h2-8,11-14,19H,9-10,15,25H2,1H3/b22-14-. The zero-order valence-electron chi connectivity index (χ0n) is 15.0. The summed E-state index contributed by atoms with van der Waals surface area (Å²) in [6.45, 7) is 0. The molecular weight excluding hydrogens is 318 g/mol. The van der Waals surface area contributed by atoms with Crippen LogP contribution in [0.4, 0.5) is 5.69 Å². The molecule has 2 heteroatoms. The molecule has 2 aromatic rings. The molecule has 2 unspecified atom stereocenters. The minimum atomic E-state index is 0.164. The van der Waals surface area contributed by atoms with Gasteiger partial charge in [0, 0.05) is 16.7 Å². The SMILES string of the molecule is COc1ccc(N)cc1/C=C1/c2ccccc2CCC2=CC=CC3CC213. The number of aryl methyl sites for hydroxylation is 1. The van der Waals surface area contributed by atoms with Crippen molar-refractivity contribution in [2.45, 2.75) is 19.3 Å². The second-order valence-electron chi connectivity index (χ2n) is 7.58. The quantitative estimate of drug-likeness (QED) is 0.756. The first-order valence-electron chi connectivity index (χ1n) is 9.34. The van der Waals surface area contributed by atoms with Gasteiger partial charge >= 0.3 is 0 Å². The Labute approximate surface area is 154 Å².